The lowest BCUT2D eigenvalue weighted by Gasteiger charge is -2.23. The summed E-state index contributed by atoms with van der Waals surface area (Å²) in [6, 6.07) is 16.5. The van der Waals surface area contributed by atoms with E-state index in [1.807, 2.05) is 36.4 Å². The first-order chi connectivity index (χ1) is 18.5. The molecule has 0 fully saturated rings. The van der Waals surface area contributed by atoms with E-state index in [1.165, 1.54) is 4.90 Å². The zero-order chi connectivity index (χ0) is 26.6. The number of hydrogen-bond acceptors (Lipinski definition) is 8. The van der Waals surface area contributed by atoms with Gasteiger partial charge in [0.25, 0.3) is 0 Å². The molecular formula is C28H28N2O7S. The van der Waals surface area contributed by atoms with Crippen molar-refractivity contribution in [3.05, 3.63) is 60.2 Å². The second kappa shape index (κ2) is 11.1. The van der Waals surface area contributed by atoms with Crippen molar-refractivity contribution in [3.8, 4) is 28.7 Å². The van der Waals surface area contributed by atoms with Gasteiger partial charge in [-0.25, -0.2) is 0 Å². The van der Waals surface area contributed by atoms with Gasteiger partial charge in [0.05, 0.1) is 27.0 Å². The van der Waals surface area contributed by atoms with Crippen molar-refractivity contribution >= 4 is 35.0 Å². The van der Waals surface area contributed by atoms with Crippen LogP contribution in [0.1, 0.15) is 17.2 Å². The Kier molecular flexibility index (Phi) is 7.50. The number of nitrogens with one attached hydrogen (secondary N) is 1. The highest BCUT2D eigenvalue weighted by atomic mass is 32.2. The summed E-state index contributed by atoms with van der Waals surface area (Å²) in [6.07, 6.45) is 0.176. The first-order valence-electron chi connectivity index (χ1n) is 12.1. The molecule has 10 heteroatoms. The third-order valence-corrected chi connectivity index (χ3v) is 7.60. The monoisotopic (exact) mass is 536 g/mol. The molecule has 9 nitrogen and oxygen atoms in total. The van der Waals surface area contributed by atoms with E-state index in [0.29, 0.717) is 53.3 Å². The SMILES string of the molecule is COc1cc([C@@H]2CC(=O)N(CC(=O)Nc3ccc4c(c3)OCCO4)c3ccccc3S2)cc(OC)c1OC. The zero-order valence-corrected chi connectivity index (χ0v) is 22.1. The minimum absolute atomic E-state index is 0.132. The predicted molar refractivity (Wildman–Crippen MR) is 144 cm³/mol. The average Bonchev–Trinajstić information content (AvgIpc) is 3.08. The molecule has 5 rings (SSSR count). The fraction of sp³-hybridized carbons (Fsp3) is 0.286. The number of anilines is 2. The lowest BCUT2D eigenvalue weighted by Crippen LogP contribution is -2.38. The minimum atomic E-state index is -0.318. The van der Waals surface area contributed by atoms with Crippen LogP contribution in [-0.2, 0) is 9.59 Å². The molecule has 0 saturated heterocycles. The van der Waals surface area contributed by atoms with Crippen molar-refractivity contribution in [1.29, 1.82) is 0 Å². The molecule has 2 heterocycles. The summed E-state index contributed by atoms with van der Waals surface area (Å²) in [5.41, 5.74) is 2.12. The van der Waals surface area contributed by atoms with Crippen molar-refractivity contribution < 1.29 is 33.3 Å². The van der Waals surface area contributed by atoms with Gasteiger partial charge in [-0.05, 0) is 42.0 Å². The first-order valence-corrected chi connectivity index (χ1v) is 12.9. The number of ether oxygens (including phenoxy) is 5. The standard InChI is InChI=1S/C28H28N2O7S/c1-33-22-12-17(13-23(34-2)28(22)35-3)25-15-27(32)30(19-6-4-5-7-24(19)38-25)16-26(31)29-18-8-9-20-21(14-18)37-11-10-36-20/h4-9,12-14,25H,10-11,15-16H2,1-3H3,(H,29,31)/t25-/m0/s1. The van der Waals surface area contributed by atoms with E-state index in [-0.39, 0.29) is 30.0 Å². The number of carbonyl (C=O) groups excluding carboxylic acids is 2. The summed E-state index contributed by atoms with van der Waals surface area (Å²) in [6.45, 7) is 0.811. The van der Waals surface area contributed by atoms with Gasteiger partial charge in [-0.2, -0.15) is 0 Å². The quantitative estimate of drug-likeness (QED) is 0.465. The molecule has 0 bridgehead atoms. The molecule has 2 aliphatic rings. The molecule has 1 atom stereocenters. The lowest BCUT2D eigenvalue weighted by atomic mass is 10.1. The van der Waals surface area contributed by atoms with Gasteiger partial charge in [0.2, 0.25) is 17.6 Å². The Morgan fingerprint density at radius 3 is 2.39 bits per heavy atom. The second-order valence-electron chi connectivity index (χ2n) is 8.62. The van der Waals surface area contributed by atoms with Crippen LogP contribution in [-0.4, -0.2) is 52.9 Å². The summed E-state index contributed by atoms with van der Waals surface area (Å²) in [5.74, 6) is 2.25. The van der Waals surface area contributed by atoms with Crippen molar-refractivity contribution in [2.75, 3.05) is 51.3 Å². The van der Waals surface area contributed by atoms with E-state index in [1.54, 1.807) is 51.3 Å². The van der Waals surface area contributed by atoms with Crippen LogP contribution in [0.4, 0.5) is 11.4 Å². The number of fused-ring (bicyclic) bond motifs is 2. The molecule has 2 amide bonds. The summed E-state index contributed by atoms with van der Waals surface area (Å²) >= 11 is 1.56. The van der Waals surface area contributed by atoms with E-state index in [2.05, 4.69) is 5.32 Å². The molecule has 3 aromatic carbocycles. The third kappa shape index (κ3) is 5.17. The Labute approximate surface area is 225 Å². The highest BCUT2D eigenvalue weighted by Gasteiger charge is 2.31. The van der Waals surface area contributed by atoms with Crippen molar-refractivity contribution in [1.82, 2.24) is 0 Å². The normalized spacial score (nSPS) is 16.2. The number of amides is 2. The van der Waals surface area contributed by atoms with E-state index in [4.69, 9.17) is 23.7 Å². The smallest absolute Gasteiger partial charge is 0.244 e. The van der Waals surface area contributed by atoms with Crippen LogP contribution in [0.15, 0.2) is 59.5 Å². The highest BCUT2D eigenvalue weighted by Crippen LogP contribution is 2.49. The van der Waals surface area contributed by atoms with Crippen LogP contribution in [0, 0.1) is 0 Å². The molecule has 0 spiro atoms. The van der Waals surface area contributed by atoms with Crippen molar-refractivity contribution in [2.24, 2.45) is 0 Å². The van der Waals surface area contributed by atoms with Gasteiger partial charge in [-0.15, -0.1) is 11.8 Å². The molecule has 2 aliphatic heterocycles. The second-order valence-corrected chi connectivity index (χ2v) is 9.87. The molecule has 0 aromatic heterocycles. The summed E-state index contributed by atoms with van der Waals surface area (Å²) in [7, 11) is 4.67. The molecule has 0 saturated carbocycles. The van der Waals surface area contributed by atoms with E-state index in [9.17, 15) is 9.59 Å². The van der Waals surface area contributed by atoms with Crippen LogP contribution >= 0.6 is 11.8 Å². The number of thioether (sulfide) groups is 1. The number of benzene rings is 3. The van der Waals surface area contributed by atoms with E-state index >= 15 is 0 Å². The number of methoxy groups -OCH3 is 3. The van der Waals surface area contributed by atoms with Gasteiger partial charge >= 0.3 is 0 Å². The number of para-hydroxylation sites is 1. The van der Waals surface area contributed by atoms with Crippen molar-refractivity contribution in [3.63, 3.8) is 0 Å². The fourth-order valence-corrected chi connectivity index (χ4v) is 5.75. The van der Waals surface area contributed by atoms with Crippen LogP contribution < -0.4 is 33.9 Å². The van der Waals surface area contributed by atoms with Crippen molar-refractivity contribution in [2.45, 2.75) is 16.6 Å². The average molecular weight is 537 g/mol. The van der Waals surface area contributed by atoms with Crippen LogP contribution in [0.25, 0.3) is 0 Å². The Bertz CT molecular complexity index is 1340. The predicted octanol–water partition coefficient (Wildman–Crippen LogP) is 4.69. The van der Waals surface area contributed by atoms with Crippen LogP contribution in [0.3, 0.4) is 0 Å². The van der Waals surface area contributed by atoms with E-state index in [0.717, 1.165) is 10.5 Å². The molecule has 198 valence electrons. The maximum Gasteiger partial charge on any atom is 0.244 e. The zero-order valence-electron chi connectivity index (χ0n) is 21.3. The van der Waals surface area contributed by atoms with Crippen LogP contribution in [0.5, 0.6) is 28.7 Å². The van der Waals surface area contributed by atoms with E-state index < -0.39 is 0 Å². The van der Waals surface area contributed by atoms with Gasteiger partial charge in [0, 0.05) is 28.3 Å². The molecule has 0 radical (unpaired) electrons. The number of nitrogens with zero attached hydrogens (tertiary/aromatic N) is 1. The molecule has 1 N–H and O–H groups in total. The Morgan fingerprint density at radius 1 is 0.974 bits per heavy atom. The first kappa shape index (κ1) is 25.6. The number of rotatable bonds is 7. The molecule has 0 aliphatic carbocycles. The number of carbonyl (C=O) groups is 2. The minimum Gasteiger partial charge on any atom is -0.493 e. The van der Waals surface area contributed by atoms with Gasteiger partial charge in [0.1, 0.15) is 19.8 Å². The number of hydrogen-bond donors (Lipinski definition) is 1. The summed E-state index contributed by atoms with van der Waals surface area (Å²) in [5, 5.41) is 2.64. The summed E-state index contributed by atoms with van der Waals surface area (Å²) < 4.78 is 27.7. The largest absolute Gasteiger partial charge is 0.493 e. The highest BCUT2D eigenvalue weighted by molar-refractivity contribution is 7.99. The topological polar surface area (TPSA) is 95.6 Å². The molecular weight excluding hydrogens is 508 g/mol. The Balaban J connectivity index is 1.39. The van der Waals surface area contributed by atoms with Crippen LogP contribution in [0.2, 0.25) is 0 Å². The van der Waals surface area contributed by atoms with Gasteiger partial charge in [0.15, 0.2) is 23.0 Å². The fourth-order valence-electron chi connectivity index (χ4n) is 4.49. The Hall–Kier alpha value is -4.05. The molecule has 0 unspecified atom stereocenters. The molecule has 3 aromatic rings. The molecule has 38 heavy (non-hydrogen) atoms. The lowest BCUT2D eigenvalue weighted by molar-refractivity contribution is -0.121. The van der Waals surface area contributed by atoms with Gasteiger partial charge < -0.3 is 33.9 Å². The van der Waals surface area contributed by atoms with Gasteiger partial charge in [-0.1, -0.05) is 12.1 Å². The Morgan fingerprint density at radius 2 is 1.68 bits per heavy atom. The maximum absolute atomic E-state index is 13.6. The third-order valence-electron chi connectivity index (χ3n) is 6.27. The van der Waals surface area contributed by atoms with Gasteiger partial charge in [-0.3, -0.25) is 9.59 Å². The summed E-state index contributed by atoms with van der Waals surface area (Å²) in [4.78, 5) is 29.1. The maximum atomic E-state index is 13.6.